The van der Waals surface area contributed by atoms with Crippen LogP contribution < -0.4 is 5.73 Å². The third kappa shape index (κ3) is 2.75. The first kappa shape index (κ1) is 14.7. The van der Waals surface area contributed by atoms with Gasteiger partial charge in [-0.15, -0.1) is 11.3 Å². The van der Waals surface area contributed by atoms with Crippen LogP contribution in [0.4, 0.5) is 0 Å². The largest absolute Gasteiger partial charge is 0.465 e. The first-order chi connectivity index (χ1) is 10.7. The predicted molar refractivity (Wildman–Crippen MR) is 86.8 cm³/mol. The van der Waals surface area contributed by atoms with Crippen molar-refractivity contribution in [2.24, 2.45) is 5.73 Å². The lowest BCUT2D eigenvalue weighted by atomic mass is 10.1. The van der Waals surface area contributed by atoms with Crippen LogP contribution in [0.5, 0.6) is 0 Å². The number of benzene rings is 1. The molecule has 0 aliphatic carbocycles. The SMILES string of the molecule is CCOC(=O)C(N)Cc1c(-c2ccccc2)nc2sccn12. The average Bonchev–Trinajstić information content (AvgIpc) is 3.11. The second-order valence-electron chi connectivity index (χ2n) is 4.89. The van der Waals surface area contributed by atoms with E-state index in [2.05, 4.69) is 4.98 Å². The van der Waals surface area contributed by atoms with Gasteiger partial charge in [0.25, 0.3) is 0 Å². The molecule has 6 heteroatoms. The molecule has 1 aromatic carbocycles. The smallest absolute Gasteiger partial charge is 0.323 e. The zero-order valence-corrected chi connectivity index (χ0v) is 13.0. The number of carbonyl (C=O) groups excluding carboxylic acids is 1. The summed E-state index contributed by atoms with van der Waals surface area (Å²) >= 11 is 1.56. The normalized spacial score (nSPS) is 12.5. The van der Waals surface area contributed by atoms with Gasteiger partial charge in [-0.25, -0.2) is 4.98 Å². The lowest BCUT2D eigenvalue weighted by Crippen LogP contribution is -2.34. The van der Waals surface area contributed by atoms with E-state index in [1.54, 1.807) is 18.3 Å². The van der Waals surface area contributed by atoms with Gasteiger partial charge >= 0.3 is 5.97 Å². The summed E-state index contributed by atoms with van der Waals surface area (Å²) < 4.78 is 6.99. The van der Waals surface area contributed by atoms with Crippen molar-refractivity contribution in [1.29, 1.82) is 0 Å². The monoisotopic (exact) mass is 315 g/mol. The van der Waals surface area contributed by atoms with Gasteiger partial charge in [-0.05, 0) is 6.92 Å². The van der Waals surface area contributed by atoms with Crippen molar-refractivity contribution in [3.05, 3.63) is 47.6 Å². The van der Waals surface area contributed by atoms with Crippen molar-refractivity contribution in [3.63, 3.8) is 0 Å². The van der Waals surface area contributed by atoms with Crippen molar-refractivity contribution in [2.45, 2.75) is 19.4 Å². The van der Waals surface area contributed by atoms with E-state index < -0.39 is 6.04 Å². The molecule has 2 heterocycles. The van der Waals surface area contributed by atoms with Gasteiger partial charge in [0.05, 0.1) is 18.0 Å². The van der Waals surface area contributed by atoms with E-state index in [0.717, 1.165) is 21.9 Å². The number of aromatic nitrogens is 2. The van der Waals surface area contributed by atoms with E-state index in [0.29, 0.717) is 13.0 Å². The number of nitrogens with two attached hydrogens (primary N) is 1. The molecule has 0 spiro atoms. The van der Waals surface area contributed by atoms with Crippen LogP contribution in [0.1, 0.15) is 12.6 Å². The van der Waals surface area contributed by atoms with E-state index in [1.807, 2.05) is 46.3 Å². The van der Waals surface area contributed by atoms with Crippen LogP contribution in [-0.2, 0) is 16.0 Å². The molecular weight excluding hydrogens is 298 g/mol. The summed E-state index contributed by atoms with van der Waals surface area (Å²) in [6, 6.07) is 9.22. The Morgan fingerprint density at radius 3 is 2.91 bits per heavy atom. The number of nitrogens with zero attached hydrogens (tertiary/aromatic N) is 2. The Morgan fingerprint density at radius 1 is 1.41 bits per heavy atom. The average molecular weight is 315 g/mol. The minimum Gasteiger partial charge on any atom is -0.465 e. The van der Waals surface area contributed by atoms with Crippen LogP contribution in [0.25, 0.3) is 16.2 Å². The van der Waals surface area contributed by atoms with Crippen molar-refractivity contribution in [2.75, 3.05) is 6.61 Å². The summed E-state index contributed by atoms with van der Waals surface area (Å²) in [7, 11) is 0. The Hall–Kier alpha value is -2.18. The highest BCUT2D eigenvalue weighted by Crippen LogP contribution is 2.27. The fraction of sp³-hybridized carbons (Fsp3) is 0.250. The third-order valence-electron chi connectivity index (χ3n) is 3.41. The Balaban J connectivity index is 2.00. The molecule has 1 atom stereocenters. The number of hydrogen-bond acceptors (Lipinski definition) is 5. The summed E-state index contributed by atoms with van der Waals surface area (Å²) in [4.78, 5) is 17.4. The van der Waals surface area contributed by atoms with E-state index in [1.165, 1.54) is 0 Å². The van der Waals surface area contributed by atoms with Gasteiger partial charge in [-0.2, -0.15) is 0 Å². The molecule has 3 aromatic rings. The number of thiazole rings is 1. The van der Waals surface area contributed by atoms with Crippen molar-refractivity contribution in [1.82, 2.24) is 9.38 Å². The Morgan fingerprint density at radius 2 is 2.18 bits per heavy atom. The molecule has 0 radical (unpaired) electrons. The third-order valence-corrected chi connectivity index (χ3v) is 4.17. The van der Waals surface area contributed by atoms with Crippen LogP contribution in [0.2, 0.25) is 0 Å². The van der Waals surface area contributed by atoms with Crippen molar-refractivity contribution in [3.8, 4) is 11.3 Å². The van der Waals surface area contributed by atoms with Crippen LogP contribution >= 0.6 is 11.3 Å². The number of esters is 1. The summed E-state index contributed by atoms with van der Waals surface area (Å²) in [5, 5.41) is 1.97. The first-order valence-electron chi connectivity index (χ1n) is 7.12. The second kappa shape index (κ2) is 6.29. The van der Waals surface area contributed by atoms with Gasteiger partial charge in [-0.3, -0.25) is 9.20 Å². The van der Waals surface area contributed by atoms with Gasteiger partial charge in [0.15, 0.2) is 4.96 Å². The highest BCUT2D eigenvalue weighted by molar-refractivity contribution is 7.15. The summed E-state index contributed by atoms with van der Waals surface area (Å²) in [5.41, 5.74) is 8.81. The predicted octanol–water partition coefficient (Wildman–Crippen LogP) is 2.50. The Bertz CT molecular complexity index is 779. The summed E-state index contributed by atoms with van der Waals surface area (Å²) in [6.07, 6.45) is 2.34. The first-order valence-corrected chi connectivity index (χ1v) is 8.00. The maximum Gasteiger partial charge on any atom is 0.323 e. The molecule has 1 unspecified atom stereocenters. The van der Waals surface area contributed by atoms with Gasteiger partial charge in [0.2, 0.25) is 0 Å². The van der Waals surface area contributed by atoms with Crippen LogP contribution in [0.15, 0.2) is 41.9 Å². The molecule has 0 saturated heterocycles. The fourth-order valence-electron chi connectivity index (χ4n) is 2.40. The molecule has 0 aliphatic rings. The minimum atomic E-state index is -0.692. The molecule has 2 aromatic heterocycles. The van der Waals surface area contributed by atoms with Crippen molar-refractivity contribution >= 4 is 22.3 Å². The quantitative estimate of drug-likeness (QED) is 0.734. The highest BCUT2D eigenvalue weighted by Gasteiger charge is 2.22. The maximum absolute atomic E-state index is 11.8. The molecule has 0 saturated carbocycles. The number of rotatable bonds is 5. The van der Waals surface area contributed by atoms with Gasteiger partial charge in [0.1, 0.15) is 6.04 Å². The van der Waals surface area contributed by atoms with E-state index in [9.17, 15) is 4.79 Å². The highest BCUT2D eigenvalue weighted by atomic mass is 32.1. The van der Waals surface area contributed by atoms with Gasteiger partial charge in [-0.1, -0.05) is 30.3 Å². The Kier molecular flexibility index (Phi) is 4.22. The zero-order chi connectivity index (χ0) is 15.5. The molecule has 0 amide bonds. The van der Waals surface area contributed by atoms with E-state index >= 15 is 0 Å². The molecule has 0 aliphatic heterocycles. The standard InChI is InChI=1S/C16H17N3O2S/c1-2-21-15(20)12(17)10-13-14(11-6-4-3-5-7-11)18-16-19(13)8-9-22-16/h3-9,12H,2,10,17H2,1H3. The lowest BCUT2D eigenvalue weighted by molar-refractivity contribution is -0.144. The number of hydrogen-bond donors (Lipinski definition) is 1. The van der Waals surface area contributed by atoms with Crippen LogP contribution in [-0.4, -0.2) is 28.0 Å². The van der Waals surface area contributed by atoms with Gasteiger partial charge in [0, 0.05) is 23.6 Å². The number of carbonyl (C=O) groups is 1. The molecule has 3 rings (SSSR count). The molecule has 0 bridgehead atoms. The summed E-state index contributed by atoms with van der Waals surface area (Å²) in [6.45, 7) is 2.11. The van der Waals surface area contributed by atoms with Crippen LogP contribution in [0, 0.1) is 0 Å². The van der Waals surface area contributed by atoms with Gasteiger partial charge < -0.3 is 10.5 Å². The molecule has 2 N–H and O–H groups in total. The fourth-order valence-corrected chi connectivity index (χ4v) is 3.13. The van der Waals surface area contributed by atoms with E-state index in [-0.39, 0.29) is 5.97 Å². The lowest BCUT2D eigenvalue weighted by Gasteiger charge is -2.11. The molecule has 22 heavy (non-hydrogen) atoms. The second-order valence-corrected chi connectivity index (χ2v) is 5.76. The topological polar surface area (TPSA) is 69.6 Å². The molecule has 114 valence electrons. The molecular formula is C16H17N3O2S. The van der Waals surface area contributed by atoms with Crippen LogP contribution in [0.3, 0.4) is 0 Å². The maximum atomic E-state index is 11.8. The number of ether oxygens (including phenoxy) is 1. The minimum absolute atomic E-state index is 0.332. The van der Waals surface area contributed by atoms with Crippen molar-refractivity contribution < 1.29 is 9.53 Å². The Labute approximate surface area is 132 Å². The zero-order valence-electron chi connectivity index (χ0n) is 12.2. The summed E-state index contributed by atoms with van der Waals surface area (Å²) in [5.74, 6) is -0.383. The number of imidazole rings is 1. The van der Waals surface area contributed by atoms with E-state index in [4.69, 9.17) is 10.5 Å². The molecule has 5 nitrogen and oxygen atoms in total. The number of fused-ring (bicyclic) bond motifs is 1. The molecule has 0 fully saturated rings.